The molecule has 0 aliphatic heterocycles. The quantitative estimate of drug-likeness (QED) is 0.474. The van der Waals surface area contributed by atoms with Crippen LogP contribution in [-0.2, 0) is 0 Å². The van der Waals surface area contributed by atoms with Crippen molar-refractivity contribution >= 4 is 5.78 Å². The van der Waals surface area contributed by atoms with Crippen molar-refractivity contribution in [2.75, 3.05) is 0 Å². The minimum absolute atomic E-state index is 0.0156. The molecule has 0 amide bonds. The molecule has 0 aliphatic carbocycles. The Bertz CT molecular complexity index is 940. The van der Waals surface area contributed by atoms with E-state index in [1.807, 2.05) is 55.5 Å². The van der Waals surface area contributed by atoms with Gasteiger partial charge in [0.25, 0.3) is 0 Å². The number of ether oxygens (including phenoxy) is 1. The Morgan fingerprint density at radius 3 is 2.08 bits per heavy atom. The van der Waals surface area contributed by atoms with Crippen LogP contribution >= 0.6 is 0 Å². The predicted molar refractivity (Wildman–Crippen MR) is 100 cm³/mol. The van der Waals surface area contributed by atoms with Crippen LogP contribution < -0.4 is 4.74 Å². The van der Waals surface area contributed by atoms with Gasteiger partial charge in [-0.3, -0.25) is 4.79 Å². The third-order valence-electron chi connectivity index (χ3n) is 3.76. The zero-order chi connectivity index (χ0) is 17.6. The highest BCUT2D eigenvalue weighted by molar-refractivity contribution is 6.09. The molecule has 0 aromatic heterocycles. The molecule has 3 rings (SSSR count). The molecule has 122 valence electrons. The lowest BCUT2D eigenvalue weighted by molar-refractivity contribution is 0.103. The van der Waals surface area contributed by atoms with Crippen LogP contribution in [0, 0.1) is 18.8 Å². The number of rotatable bonds is 4. The molecule has 25 heavy (non-hydrogen) atoms. The Hall–Kier alpha value is -3.31. The number of aryl methyl sites for hydroxylation is 1. The van der Waals surface area contributed by atoms with Crippen LogP contribution in [0.5, 0.6) is 11.5 Å². The SMILES string of the molecule is CC#Cc1ccc(C(=O)c2ccc(Oc3cccc(C)c3)cc2)cc1. The van der Waals surface area contributed by atoms with E-state index in [0.717, 1.165) is 16.9 Å². The maximum atomic E-state index is 12.6. The molecule has 3 aromatic carbocycles. The summed E-state index contributed by atoms with van der Waals surface area (Å²) in [6.07, 6.45) is 0. The lowest BCUT2D eigenvalue weighted by Crippen LogP contribution is -2.01. The molecule has 0 saturated carbocycles. The first kappa shape index (κ1) is 16.5. The molecule has 2 nitrogen and oxygen atoms in total. The van der Waals surface area contributed by atoms with Crippen LogP contribution in [0.1, 0.15) is 34.0 Å². The lowest BCUT2D eigenvalue weighted by Gasteiger charge is -2.07. The average Bonchev–Trinajstić information content (AvgIpc) is 2.63. The van der Waals surface area contributed by atoms with Crippen molar-refractivity contribution in [2.24, 2.45) is 0 Å². The van der Waals surface area contributed by atoms with Crippen molar-refractivity contribution in [2.45, 2.75) is 13.8 Å². The molecular formula is C23H18O2. The number of benzene rings is 3. The minimum Gasteiger partial charge on any atom is -0.457 e. The first-order chi connectivity index (χ1) is 12.2. The molecule has 0 atom stereocenters. The highest BCUT2D eigenvalue weighted by Crippen LogP contribution is 2.23. The van der Waals surface area contributed by atoms with Crippen molar-refractivity contribution in [3.63, 3.8) is 0 Å². The van der Waals surface area contributed by atoms with Crippen LogP contribution in [0.2, 0.25) is 0 Å². The van der Waals surface area contributed by atoms with Crippen LogP contribution in [0.25, 0.3) is 0 Å². The number of hydrogen-bond donors (Lipinski definition) is 0. The summed E-state index contributed by atoms with van der Waals surface area (Å²) in [6.45, 7) is 3.81. The smallest absolute Gasteiger partial charge is 0.193 e. The summed E-state index contributed by atoms with van der Waals surface area (Å²) in [6, 6.07) is 22.4. The molecule has 0 heterocycles. The Labute approximate surface area is 148 Å². The zero-order valence-electron chi connectivity index (χ0n) is 14.2. The topological polar surface area (TPSA) is 26.3 Å². The van der Waals surface area contributed by atoms with E-state index < -0.39 is 0 Å². The lowest BCUT2D eigenvalue weighted by atomic mass is 10.0. The average molecular weight is 326 g/mol. The normalized spacial score (nSPS) is 9.84. The molecular weight excluding hydrogens is 308 g/mol. The second kappa shape index (κ2) is 7.51. The molecule has 0 spiro atoms. The van der Waals surface area contributed by atoms with Gasteiger partial charge in [0.05, 0.1) is 0 Å². The van der Waals surface area contributed by atoms with E-state index in [9.17, 15) is 4.79 Å². The maximum absolute atomic E-state index is 12.6. The summed E-state index contributed by atoms with van der Waals surface area (Å²) < 4.78 is 5.82. The maximum Gasteiger partial charge on any atom is 0.193 e. The number of ketones is 1. The van der Waals surface area contributed by atoms with Gasteiger partial charge in [-0.1, -0.05) is 18.1 Å². The Balaban J connectivity index is 1.74. The Kier molecular flexibility index (Phi) is 4.97. The first-order valence-corrected chi connectivity index (χ1v) is 8.08. The largest absolute Gasteiger partial charge is 0.457 e. The highest BCUT2D eigenvalue weighted by Gasteiger charge is 2.09. The summed E-state index contributed by atoms with van der Waals surface area (Å²) >= 11 is 0. The van der Waals surface area contributed by atoms with E-state index in [1.165, 1.54) is 0 Å². The summed E-state index contributed by atoms with van der Waals surface area (Å²) in [5.41, 5.74) is 3.32. The number of carbonyl (C=O) groups is 1. The van der Waals surface area contributed by atoms with E-state index in [2.05, 4.69) is 11.8 Å². The first-order valence-electron chi connectivity index (χ1n) is 8.08. The van der Waals surface area contributed by atoms with E-state index in [4.69, 9.17) is 4.74 Å². The number of hydrogen-bond acceptors (Lipinski definition) is 2. The van der Waals surface area contributed by atoms with Crippen molar-refractivity contribution in [1.29, 1.82) is 0 Å². The summed E-state index contributed by atoms with van der Waals surface area (Å²) in [7, 11) is 0. The second-order valence-electron chi connectivity index (χ2n) is 5.72. The Morgan fingerprint density at radius 1 is 0.840 bits per heavy atom. The minimum atomic E-state index is -0.0156. The fraction of sp³-hybridized carbons (Fsp3) is 0.0870. The third-order valence-corrected chi connectivity index (χ3v) is 3.76. The van der Waals surface area contributed by atoms with E-state index >= 15 is 0 Å². The van der Waals surface area contributed by atoms with Crippen molar-refractivity contribution < 1.29 is 9.53 Å². The van der Waals surface area contributed by atoms with Crippen molar-refractivity contribution in [1.82, 2.24) is 0 Å². The van der Waals surface area contributed by atoms with Crippen molar-refractivity contribution in [3.8, 4) is 23.3 Å². The van der Waals surface area contributed by atoms with E-state index in [0.29, 0.717) is 16.9 Å². The third kappa shape index (κ3) is 4.16. The molecule has 2 heteroatoms. The van der Waals surface area contributed by atoms with Gasteiger partial charge >= 0.3 is 0 Å². The molecule has 0 unspecified atom stereocenters. The van der Waals surface area contributed by atoms with Gasteiger partial charge in [-0.15, -0.1) is 5.92 Å². The monoisotopic (exact) mass is 326 g/mol. The van der Waals surface area contributed by atoms with Crippen LogP contribution in [0.4, 0.5) is 0 Å². The van der Waals surface area contributed by atoms with E-state index in [-0.39, 0.29) is 5.78 Å². The highest BCUT2D eigenvalue weighted by atomic mass is 16.5. The van der Waals surface area contributed by atoms with Crippen LogP contribution in [0.15, 0.2) is 72.8 Å². The summed E-state index contributed by atoms with van der Waals surface area (Å²) in [5.74, 6) is 7.29. The number of carbonyl (C=O) groups excluding carboxylic acids is 1. The summed E-state index contributed by atoms with van der Waals surface area (Å²) in [5, 5.41) is 0. The van der Waals surface area contributed by atoms with E-state index in [1.54, 1.807) is 31.2 Å². The van der Waals surface area contributed by atoms with Gasteiger partial charge in [-0.25, -0.2) is 0 Å². The van der Waals surface area contributed by atoms with Crippen molar-refractivity contribution in [3.05, 3.63) is 95.1 Å². The predicted octanol–water partition coefficient (Wildman–Crippen LogP) is 5.39. The fourth-order valence-corrected chi connectivity index (χ4v) is 2.51. The molecule has 3 aromatic rings. The molecule has 0 fully saturated rings. The molecule has 0 radical (unpaired) electrons. The summed E-state index contributed by atoms with van der Waals surface area (Å²) in [4.78, 5) is 12.6. The molecule has 0 N–H and O–H groups in total. The van der Waals surface area contributed by atoms with Gasteiger partial charge in [0.15, 0.2) is 5.78 Å². The van der Waals surface area contributed by atoms with Gasteiger partial charge in [0.1, 0.15) is 11.5 Å². The van der Waals surface area contributed by atoms with Gasteiger partial charge < -0.3 is 4.74 Å². The Morgan fingerprint density at radius 2 is 1.48 bits per heavy atom. The van der Waals surface area contributed by atoms with Crippen LogP contribution in [-0.4, -0.2) is 5.78 Å². The zero-order valence-corrected chi connectivity index (χ0v) is 14.2. The van der Waals surface area contributed by atoms with Crippen LogP contribution in [0.3, 0.4) is 0 Å². The second-order valence-corrected chi connectivity index (χ2v) is 5.72. The van der Waals surface area contributed by atoms with Gasteiger partial charge in [0, 0.05) is 16.7 Å². The van der Waals surface area contributed by atoms with Gasteiger partial charge in [-0.05, 0) is 80.1 Å². The molecule has 0 bridgehead atoms. The fourth-order valence-electron chi connectivity index (χ4n) is 2.51. The molecule has 0 saturated heterocycles. The van der Waals surface area contributed by atoms with Gasteiger partial charge in [0.2, 0.25) is 0 Å². The molecule has 0 aliphatic rings. The standard InChI is InChI=1S/C23H18O2/c1-3-5-18-8-10-19(11-9-18)23(24)20-12-14-21(15-13-20)25-22-7-4-6-17(2)16-22/h4,6-16H,1-2H3. The van der Waals surface area contributed by atoms with Gasteiger partial charge in [-0.2, -0.15) is 0 Å².